The molecule has 2 heteroatoms. The van der Waals surface area contributed by atoms with Crippen LogP contribution in [0.15, 0.2) is 46.9 Å². The highest BCUT2D eigenvalue weighted by molar-refractivity contribution is 6.05. The van der Waals surface area contributed by atoms with Crippen molar-refractivity contribution < 1.29 is 4.42 Å². The first kappa shape index (κ1) is 9.11. The molecule has 3 aromatic rings. The van der Waals surface area contributed by atoms with Crippen molar-refractivity contribution in [3.8, 4) is 0 Å². The summed E-state index contributed by atoms with van der Waals surface area (Å²) in [5.74, 6) is 0. The van der Waals surface area contributed by atoms with E-state index in [1.54, 1.807) is 0 Å². The van der Waals surface area contributed by atoms with Crippen LogP contribution in [0, 0.1) is 0 Å². The Bertz CT molecular complexity index is 694. The Kier molecular flexibility index (Phi) is 1.75. The van der Waals surface area contributed by atoms with Crippen LogP contribution in [0.4, 0.5) is 5.69 Å². The number of para-hydroxylation sites is 1. The number of hydrogen-bond donors (Lipinski definition) is 1. The predicted molar refractivity (Wildman–Crippen MR) is 70.4 cm³/mol. The van der Waals surface area contributed by atoms with Crippen LogP contribution in [0.5, 0.6) is 0 Å². The first-order chi connectivity index (χ1) is 8.40. The topological polar surface area (TPSA) is 25.2 Å². The molecule has 1 heterocycles. The largest absolute Gasteiger partial charge is 0.456 e. The van der Waals surface area contributed by atoms with E-state index >= 15 is 0 Å². The molecule has 1 aliphatic rings. The molecule has 0 unspecified atom stereocenters. The van der Waals surface area contributed by atoms with Gasteiger partial charge in [0.25, 0.3) is 0 Å². The standard InChI is InChI=1S/C15H13NO/c1-2-4-14-12(3-1)13-9-11(16-10-5-6-10)7-8-15(13)17-14/h1-4,7-10,16H,5-6H2. The molecule has 2 nitrogen and oxygen atoms in total. The maximum Gasteiger partial charge on any atom is 0.135 e. The van der Waals surface area contributed by atoms with Gasteiger partial charge in [0.15, 0.2) is 0 Å². The molecule has 0 atom stereocenters. The fourth-order valence-corrected chi connectivity index (χ4v) is 2.28. The van der Waals surface area contributed by atoms with Gasteiger partial charge in [0.2, 0.25) is 0 Å². The van der Waals surface area contributed by atoms with E-state index in [0.717, 1.165) is 11.2 Å². The van der Waals surface area contributed by atoms with Gasteiger partial charge in [-0.15, -0.1) is 0 Å². The van der Waals surface area contributed by atoms with Gasteiger partial charge in [0.05, 0.1) is 0 Å². The van der Waals surface area contributed by atoms with E-state index in [1.807, 2.05) is 12.1 Å². The van der Waals surface area contributed by atoms with E-state index in [1.165, 1.54) is 29.3 Å². The Labute approximate surface area is 99.2 Å². The van der Waals surface area contributed by atoms with E-state index < -0.39 is 0 Å². The summed E-state index contributed by atoms with van der Waals surface area (Å²) in [5, 5.41) is 5.92. The van der Waals surface area contributed by atoms with Crippen molar-refractivity contribution >= 4 is 27.6 Å². The van der Waals surface area contributed by atoms with E-state index in [-0.39, 0.29) is 0 Å². The van der Waals surface area contributed by atoms with Gasteiger partial charge < -0.3 is 9.73 Å². The van der Waals surface area contributed by atoms with Crippen LogP contribution >= 0.6 is 0 Å². The van der Waals surface area contributed by atoms with Gasteiger partial charge in [-0.2, -0.15) is 0 Å². The number of hydrogen-bond acceptors (Lipinski definition) is 2. The van der Waals surface area contributed by atoms with Gasteiger partial charge in [0.1, 0.15) is 11.2 Å². The predicted octanol–water partition coefficient (Wildman–Crippen LogP) is 4.16. The van der Waals surface area contributed by atoms with Gasteiger partial charge in [-0.25, -0.2) is 0 Å². The molecule has 0 saturated heterocycles. The zero-order valence-electron chi connectivity index (χ0n) is 9.44. The van der Waals surface area contributed by atoms with E-state index in [4.69, 9.17) is 4.42 Å². The Balaban J connectivity index is 1.93. The van der Waals surface area contributed by atoms with Crippen LogP contribution in [0.25, 0.3) is 21.9 Å². The molecule has 1 aromatic heterocycles. The molecular formula is C15H13NO. The minimum Gasteiger partial charge on any atom is -0.456 e. The minimum absolute atomic E-state index is 0.686. The molecule has 0 spiro atoms. The van der Waals surface area contributed by atoms with Crippen molar-refractivity contribution in [3.05, 3.63) is 42.5 Å². The quantitative estimate of drug-likeness (QED) is 0.705. The second kappa shape index (κ2) is 3.27. The minimum atomic E-state index is 0.686. The van der Waals surface area contributed by atoms with E-state index in [9.17, 15) is 0 Å². The van der Waals surface area contributed by atoms with E-state index in [0.29, 0.717) is 6.04 Å². The lowest BCUT2D eigenvalue weighted by atomic mass is 10.1. The van der Waals surface area contributed by atoms with Crippen molar-refractivity contribution in [3.63, 3.8) is 0 Å². The average Bonchev–Trinajstić information content (AvgIpc) is 3.08. The maximum absolute atomic E-state index is 5.80. The SMILES string of the molecule is c1ccc2c(c1)oc1ccc(NC3CC3)cc12. The highest BCUT2D eigenvalue weighted by atomic mass is 16.3. The molecule has 1 saturated carbocycles. The van der Waals surface area contributed by atoms with Crippen LogP contribution in [0.1, 0.15) is 12.8 Å². The average molecular weight is 223 g/mol. The first-order valence-corrected chi connectivity index (χ1v) is 6.08. The molecule has 1 aliphatic carbocycles. The van der Waals surface area contributed by atoms with Crippen LogP contribution < -0.4 is 5.32 Å². The van der Waals surface area contributed by atoms with Crippen molar-refractivity contribution in [1.82, 2.24) is 0 Å². The molecule has 2 aromatic carbocycles. The number of furan rings is 1. The molecular weight excluding hydrogens is 210 g/mol. The molecule has 0 radical (unpaired) electrons. The summed E-state index contributed by atoms with van der Waals surface area (Å²) in [7, 11) is 0. The Morgan fingerprint density at radius 2 is 1.76 bits per heavy atom. The van der Waals surface area contributed by atoms with E-state index in [2.05, 4.69) is 35.6 Å². The van der Waals surface area contributed by atoms with Gasteiger partial charge in [-0.3, -0.25) is 0 Å². The van der Waals surface area contributed by atoms with Crippen molar-refractivity contribution in [1.29, 1.82) is 0 Å². The number of anilines is 1. The third-order valence-corrected chi connectivity index (χ3v) is 3.32. The second-order valence-corrected chi connectivity index (χ2v) is 4.73. The highest BCUT2D eigenvalue weighted by Crippen LogP contribution is 2.32. The molecule has 0 aliphatic heterocycles. The Hall–Kier alpha value is -1.96. The summed E-state index contributed by atoms with van der Waals surface area (Å²) in [5.41, 5.74) is 3.13. The third kappa shape index (κ3) is 1.48. The van der Waals surface area contributed by atoms with Gasteiger partial charge in [0, 0.05) is 22.5 Å². The molecule has 17 heavy (non-hydrogen) atoms. The number of fused-ring (bicyclic) bond motifs is 3. The van der Waals surface area contributed by atoms with Crippen molar-refractivity contribution in [2.45, 2.75) is 18.9 Å². The Morgan fingerprint density at radius 1 is 0.941 bits per heavy atom. The fraction of sp³-hybridized carbons (Fsp3) is 0.200. The highest BCUT2D eigenvalue weighted by Gasteiger charge is 2.20. The molecule has 1 fully saturated rings. The zero-order valence-corrected chi connectivity index (χ0v) is 9.44. The molecule has 84 valence electrons. The second-order valence-electron chi connectivity index (χ2n) is 4.73. The van der Waals surface area contributed by atoms with Crippen molar-refractivity contribution in [2.24, 2.45) is 0 Å². The smallest absolute Gasteiger partial charge is 0.135 e. The lowest BCUT2D eigenvalue weighted by Crippen LogP contribution is -1.99. The van der Waals surface area contributed by atoms with Crippen LogP contribution in [0.3, 0.4) is 0 Å². The van der Waals surface area contributed by atoms with Crippen LogP contribution in [-0.4, -0.2) is 6.04 Å². The zero-order chi connectivity index (χ0) is 11.2. The summed E-state index contributed by atoms with van der Waals surface area (Å²) in [6.45, 7) is 0. The fourth-order valence-electron chi connectivity index (χ4n) is 2.28. The molecule has 4 rings (SSSR count). The number of benzene rings is 2. The summed E-state index contributed by atoms with van der Waals surface area (Å²) in [6.07, 6.45) is 2.59. The van der Waals surface area contributed by atoms with Crippen LogP contribution in [0.2, 0.25) is 0 Å². The lowest BCUT2D eigenvalue weighted by molar-refractivity contribution is 0.669. The Morgan fingerprint density at radius 3 is 2.65 bits per heavy atom. The third-order valence-electron chi connectivity index (χ3n) is 3.32. The van der Waals surface area contributed by atoms with Crippen LogP contribution in [-0.2, 0) is 0 Å². The summed E-state index contributed by atoms with van der Waals surface area (Å²) < 4.78 is 5.80. The van der Waals surface area contributed by atoms with Crippen molar-refractivity contribution in [2.75, 3.05) is 5.32 Å². The lowest BCUT2D eigenvalue weighted by Gasteiger charge is -2.03. The summed E-state index contributed by atoms with van der Waals surface area (Å²) in [6, 6.07) is 15.2. The van der Waals surface area contributed by atoms with Gasteiger partial charge in [-0.1, -0.05) is 18.2 Å². The maximum atomic E-state index is 5.80. The molecule has 1 N–H and O–H groups in total. The normalized spacial score (nSPS) is 15.5. The van der Waals surface area contributed by atoms with Gasteiger partial charge in [-0.05, 0) is 37.1 Å². The first-order valence-electron chi connectivity index (χ1n) is 6.08. The summed E-state index contributed by atoms with van der Waals surface area (Å²) >= 11 is 0. The summed E-state index contributed by atoms with van der Waals surface area (Å²) in [4.78, 5) is 0. The molecule has 0 amide bonds. The monoisotopic (exact) mass is 223 g/mol. The van der Waals surface area contributed by atoms with Gasteiger partial charge >= 0.3 is 0 Å². The number of nitrogens with one attached hydrogen (secondary N) is 1. The molecule has 0 bridgehead atoms. The number of rotatable bonds is 2.